The maximum atomic E-state index is 10.9. The van der Waals surface area contributed by atoms with Gasteiger partial charge < -0.3 is 14.6 Å². The molecule has 1 aromatic carbocycles. The average molecular weight is 193 g/mol. The second-order valence-corrected chi connectivity index (χ2v) is 3.64. The van der Waals surface area contributed by atoms with Crippen LogP contribution in [-0.2, 0) is 10.2 Å². The van der Waals surface area contributed by atoms with Gasteiger partial charge in [-0.2, -0.15) is 0 Å². The number of hydrogen-bond donors (Lipinski definition) is 0. The molecule has 0 heterocycles. The highest BCUT2D eigenvalue weighted by molar-refractivity contribution is 5.78. The van der Waals surface area contributed by atoms with Crippen LogP contribution in [0.5, 0.6) is 5.75 Å². The largest absolute Gasteiger partial charge is 0.549 e. The summed E-state index contributed by atoms with van der Waals surface area (Å²) in [6.45, 7) is 3.22. The van der Waals surface area contributed by atoms with Crippen molar-refractivity contribution in [3.05, 3.63) is 29.8 Å². The van der Waals surface area contributed by atoms with Gasteiger partial charge in [0.1, 0.15) is 5.75 Å². The first-order valence-electron chi connectivity index (χ1n) is 4.34. The molecule has 0 radical (unpaired) electrons. The predicted molar refractivity (Wildman–Crippen MR) is 51.0 cm³/mol. The molecule has 14 heavy (non-hydrogen) atoms. The van der Waals surface area contributed by atoms with Gasteiger partial charge in [0.05, 0.1) is 13.1 Å². The van der Waals surface area contributed by atoms with Gasteiger partial charge in [-0.15, -0.1) is 0 Å². The molecule has 0 amide bonds. The number of ether oxygens (including phenoxy) is 1. The van der Waals surface area contributed by atoms with Crippen LogP contribution in [0, 0.1) is 0 Å². The minimum Gasteiger partial charge on any atom is -0.549 e. The molecule has 0 aromatic heterocycles. The number of carboxylic acids is 1. The van der Waals surface area contributed by atoms with Crippen LogP contribution in [0.15, 0.2) is 24.3 Å². The summed E-state index contributed by atoms with van der Waals surface area (Å²) in [6, 6.07) is 6.99. The topological polar surface area (TPSA) is 49.4 Å². The minimum absolute atomic E-state index is 0.650. The van der Waals surface area contributed by atoms with Crippen molar-refractivity contribution >= 4 is 5.97 Å². The van der Waals surface area contributed by atoms with E-state index in [0.29, 0.717) is 11.3 Å². The van der Waals surface area contributed by atoms with E-state index >= 15 is 0 Å². The molecule has 0 aliphatic carbocycles. The Kier molecular flexibility index (Phi) is 2.79. The van der Waals surface area contributed by atoms with Crippen molar-refractivity contribution in [3.63, 3.8) is 0 Å². The van der Waals surface area contributed by atoms with E-state index in [1.807, 2.05) is 0 Å². The zero-order valence-corrected chi connectivity index (χ0v) is 8.53. The number of hydrogen-bond acceptors (Lipinski definition) is 3. The molecule has 0 atom stereocenters. The molecule has 0 unspecified atom stereocenters. The highest BCUT2D eigenvalue weighted by Crippen LogP contribution is 2.25. The first-order chi connectivity index (χ1) is 6.48. The van der Waals surface area contributed by atoms with Gasteiger partial charge in [0.2, 0.25) is 0 Å². The predicted octanol–water partition coefficient (Wildman–Crippen LogP) is 0.723. The fourth-order valence-electron chi connectivity index (χ4n) is 1.13. The Labute approximate surface area is 83.3 Å². The van der Waals surface area contributed by atoms with Crippen molar-refractivity contribution in [2.45, 2.75) is 19.3 Å². The third-order valence-electron chi connectivity index (χ3n) is 2.30. The summed E-state index contributed by atoms with van der Waals surface area (Å²) in [4.78, 5) is 10.9. The molecule has 3 heteroatoms. The van der Waals surface area contributed by atoms with Crippen LogP contribution in [0.3, 0.4) is 0 Å². The van der Waals surface area contributed by atoms with Crippen molar-refractivity contribution < 1.29 is 14.6 Å². The molecule has 76 valence electrons. The number of aliphatic carboxylic acids is 1. The van der Waals surface area contributed by atoms with Gasteiger partial charge in [-0.3, -0.25) is 0 Å². The Morgan fingerprint density at radius 1 is 1.43 bits per heavy atom. The molecule has 0 aliphatic rings. The molecule has 0 saturated carbocycles. The highest BCUT2D eigenvalue weighted by atomic mass is 16.5. The van der Waals surface area contributed by atoms with E-state index < -0.39 is 11.4 Å². The number of carbonyl (C=O) groups excluding carboxylic acids is 1. The molecule has 0 spiro atoms. The summed E-state index contributed by atoms with van der Waals surface area (Å²) in [5.41, 5.74) is -0.314. The SMILES string of the molecule is COc1cccc(C(C)(C)C(=O)[O-])c1. The summed E-state index contributed by atoms with van der Waals surface area (Å²) >= 11 is 0. The molecule has 3 nitrogen and oxygen atoms in total. The maximum absolute atomic E-state index is 10.9. The zero-order valence-electron chi connectivity index (χ0n) is 8.53. The molecule has 0 N–H and O–H groups in total. The van der Waals surface area contributed by atoms with E-state index in [2.05, 4.69) is 0 Å². The fourth-order valence-corrected chi connectivity index (χ4v) is 1.13. The monoisotopic (exact) mass is 193 g/mol. The molecule has 1 rings (SSSR count). The number of methoxy groups -OCH3 is 1. The van der Waals surface area contributed by atoms with Crippen molar-refractivity contribution in [2.75, 3.05) is 7.11 Å². The summed E-state index contributed by atoms with van der Waals surface area (Å²) in [7, 11) is 1.55. The van der Waals surface area contributed by atoms with E-state index in [0.717, 1.165) is 0 Å². The minimum atomic E-state index is -1.09. The van der Waals surface area contributed by atoms with Gasteiger partial charge in [-0.25, -0.2) is 0 Å². The van der Waals surface area contributed by atoms with Gasteiger partial charge in [0, 0.05) is 5.41 Å². The number of carboxylic acid groups (broad SMARTS) is 1. The molecule has 0 aliphatic heterocycles. The fraction of sp³-hybridized carbons (Fsp3) is 0.364. The quantitative estimate of drug-likeness (QED) is 0.710. The van der Waals surface area contributed by atoms with Gasteiger partial charge in [-0.1, -0.05) is 26.0 Å². The molecule has 0 saturated heterocycles. The number of benzene rings is 1. The Bertz CT molecular complexity index is 342. The van der Waals surface area contributed by atoms with Gasteiger partial charge in [0.25, 0.3) is 0 Å². The third kappa shape index (κ3) is 1.87. The number of carbonyl (C=O) groups is 1. The van der Waals surface area contributed by atoms with Crippen LogP contribution in [-0.4, -0.2) is 13.1 Å². The Hall–Kier alpha value is -1.51. The van der Waals surface area contributed by atoms with Crippen LogP contribution in [0.25, 0.3) is 0 Å². The Morgan fingerprint density at radius 2 is 2.07 bits per heavy atom. The van der Waals surface area contributed by atoms with Crippen LogP contribution >= 0.6 is 0 Å². The third-order valence-corrected chi connectivity index (χ3v) is 2.30. The lowest BCUT2D eigenvalue weighted by molar-refractivity contribution is -0.312. The normalized spacial score (nSPS) is 11.1. The van der Waals surface area contributed by atoms with E-state index in [-0.39, 0.29) is 0 Å². The molecule has 0 bridgehead atoms. The zero-order chi connectivity index (χ0) is 10.8. The van der Waals surface area contributed by atoms with Gasteiger partial charge in [-0.05, 0) is 17.7 Å². The van der Waals surface area contributed by atoms with E-state index in [1.165, 1.54) is 0 Å². The molecular formula is C11H13O3-. The van der Waals surface area contributed by atoms with Crippen molar-refractivity contribution in [3.8, 4) is 5.75 Å². The van der Waals surface area contributed by atoms with Crippen LogP contribution in [0.4, 0.5) is 0 Å². The van der Waals surface area contributed by atoms with E-state index in [9.17, 15) is 9.90 Å². The molecule has 1 aromatic rings. The Balaban J connectivity index is 3.12. The Morgan fingerprint density at radius 3 is 2.57 bits per heavy atom. The molecular weight excluding hydrogens is 180 g/mol. The highest BCUT2D eigenvalue weighted by Gasteiger charge is 2.22. The van der Waals surface area contributed by atoms with Crippen molar-refractivity contribution in [1.29, 1.82) is 0 Å². The van der Waals surface area contributed by atoms with Crippen molar-refractivity contribution in [1.82, 2.24) is 0 Å². The summed E-state index contributed by atoms with van der Waals surface area (Å²) in [5, 5.41) is 10.9. The lowest BCUT2D eigenvalue weighted by Crippen LogP contribution is -2.41. The molecule has 0 fully saturated rings. The average Bonchev–Trinajstić information content (AvgIpc) is 2.17. The van der Waals surface area contributed by atoms with Gasteiger partial charge in [0.15, 0.2) is 0 Å². The van der Waals surface area contributed by atoms with E-state index in [1.54, 1.807) is 45.2 Å². The first-order valence-corrected chi connectivity index (χ1v) is 4.34. The smallest absolute Gasteiger partial charge is 0.119 e. The van der Waals surface area contributed by atoms with Crippen molar-refractivity contribution in [2.24, 2.45) is 0 Å². The maximum Gasteiger partial charge on any atom is 0.119 e. The summed E-state index contributed by atoms with van der Waals surface area (Å²) in [5.74, 6) is -0.442. The van der Waals surface area contributed by atoms with Crippen LogP contribution in [0.1, 0.15) is 19.4 Å². The van der Waals surface area contributed by atoms with E-state index in [4.69, 9.17) is 4.74 Å². The van der Waals surface area contributed by atoms with Crippen LogP contribution < -0.4 is 9.84 Å². The lowest BCUT2D eigenvalue weighted by atomic mass is 9.85. The second-order valence-electron chi connectivity index (χ2n) is 3.64. The summed E-state index contributed by atoms with van der Waals surface area (Å²) < 4.78 is 5.02. The first kappa shape index (κ1) is 10.6. The van der Waals surface area contributed by atoms with Crippen LogP contribution in [0.2, 0.25) is 0 Å². The summed E-state index contributed by atoms with van der Waals surface area (Å²) in [6.07, 6.45) is 0. The second kappa shape index (κ2) is 3.70. The standard InChI is InChI=1S/C11H14O3/c1-11(2,10(12)13)8-5-4-6-9(7-8)14-3/h4-7H,1-3H3,(H,12,13)/p-1. The van der Waals surface area contributed by atoms with Gasteiger partial charge >= 0.3 is 0 Å². The number of rotatable bonds is 3. The lowest BCUT2D eigenvalue weighted by Gasteiger charge is -2.26.